The minimum atomic E-state index is -3.73. The molecule has 1 aliphatic heterocycles. The first-order valence-electron chi connectivity index (χ1n) is 5.46. The molecule has 1 fully saturated rings. The molecule has 9 heteroatoms. The fourth-order valence-electron chi connectivity index (χ4n) is 1.65. The second-order valence-corrected chi connectivity index (χ2v) is 7.52. The van der Waals surface area contributed by atoms with Crippen molar-refractivity contribution < 1.29 is 22.5 Å². The Labute approximate surface area is 112 Å². The molecule has 0 aromatic carbocycles. The fourth-order valence-corrected chi connectivity index (χ4v) is 4.29. The summed E-state index contributed by atoms with van der Waals surface area (Å²) in [6, 6.07) is 2.37. The van der Waals surface area contributed by atoms with Crippen molar-refractivity contribution in [3.63, 3.8) is 0 Å². The quantitative estimate of drug-likeness (QED) is 0.809. The molecule has 2 rings (SSSR count). The van der Waals surface area contributed by atoms with Crippen LogP contribution in [0.1, 0.15) is 10.4 Å². The highest BCUT2D eigenvalue weighted by atomic mass is 32.2. The lowest BCUT2D eigenvalue weighted by atomic mass is 10.3. The Morgan fingerprint density at radius 1 is 1.32 bits per heavy atom. The van der Waals surface area contributed by atoms with Gasteiger partial charge in [-0.15, -0.1) is 0 Å². The van der Waals surface area contributed by atoms with Crippen LogP contribution in [0, 0.1) is 0 Å². The molecule has 2 heterocycles. The second kappa shape index (κ2) is 5.35. The van der Waals surface area contributed by atoms with E-state index in [2.05, 4.69) is 4.98 Å². The van der Waals surface area contributed by atoms with Gasteiger partial charge in [0.1, 0.15) is 0 Å². The number of hydrogen-bond donors (Lipinski definition) is 1. The minimum Gasteiger partial charge on any atom is -0.478 e. The Bertz CT molecular complexity index is 601. The molecule has 0 unspecified atom stereocenters. The van der Waals surface area contributed by atoms with Gasteiger partial charge in [-0.2, -0.15) is 4.31 Å². The Hall–Kier alpha value is -1.32. The van der Waals surface area contributed by atoms with Crippen LogP contribution in [0.5, 0.6) is 0 Å². The van der Waals surface area contributed by atoms with E-state index in [0.717, 1.165) is 6.20 Å². The SMILES string of the molecule is O=C(O)c1ccc(S(=O)(=O)N2CCS(=O)CC2)nc1. The van der Waals surface area contributed by atoms with E-state index in [0.29, 0.717) is 11.5 Å². The highest BCUT2D eigenvalue weighted by molar-refractivity contribution is 7.89. The van der Waals surface area contributed by atoms with E-state index in [1.165, 1.54) is 16.4 Å². The third-order valence-corrected chi connectivity index (χ3v) is 5.82. The van der Waals surface area contributed by atoms with Crippen LogP contribution in [-0.2, 0) is 20.8 Å². The molecule has 1 aromatic rings. The Kier molecular flexibility index (Phi) is 3.97. The molecule has 0 saturated carbocycles. The van der Waals surface area contributed by atoms with E-state index < -0.39 is 26.8 Å². The van der Waals surface area contributed by atoms with E-state index in [4.69, 9.17) is 5.11 Å². The smallest absolute Gasteiger partial charge is 0.337 e. The number of rotatable bonds is 3. The Morgan fingerprint density at radius 3 is 2.42 bits per heavy atom. The predicted octanol–water partition coefficient (Wildman–Crippen LogP) is -0.467. The van der Waals surface area contributed by atoms with Gasteiger partial charge in [0.2, 0.25) is 0 Å². The number of aromatic nitrogens is 1. The minimum absolute atomic E-state index is 0.0707. The Morgan fingerprint density at radius 2 is 1.95 bits per heavy atom. The van der Waals surface area contributed by atoms with Gasteiger partial charge in [-0.05, 0) is 12.1 Å². The standard InChI is InChI=1S/C10H12N2O5S2/c13-10(14)8-1-2-9(11-7-8)19(16,17)12-3-5-18(15)6-4-12/h1-2,7H,3-6H2,(H,13,14). The van der Waals surface area contributed by atoms with E-state index in [1.807, 2.05) is 0 Å². The molecule has 0 atom stereocenters. The van der Waals surface area contributed by atoms with Crippen molar-refractivity contribution in [3.05, 3.63) is 23.9 Å². The maximum absolute atomic E-state index is 12.2. The zero-order valence-electron chi connectivity index (χ0n) is 9.85. The van der Waals surface area contributed by atoms with Crippen molar-refractivity contribution in [2.45, 2.75) is 5.03 Å². The maximum atomic E-state index is 12.2. The number of pyridine rings is 1. The van der Waals surface area contributed by atoms with E-state index in [9.17, 15) is 17.4 Å². The summed E-state index contributed by atoms with van der Waals surface area (Å²) in [5, 5.41) is 8.53. The zero-order chi connectivity index (χ0) is 14.0. The molecule has 1 aliphatic rings. The largest absolute Gasteiger partial charge is 0.478 e. The number of sulfonamides is 1. The lowest BCUT2D eigenvalue weighted by molar-refractivity contribution is 0.0696. The molecule has 1 aromatic heterocycles. The third kappa shape index (κ3) is 2.99. The average molecular weight is 304 g/mol. The van der Waals surface area contributed by atoms with Crippen LogP contribution >= 0.6 is 0 Å². The van der Waals surface area contributed by atoms with Crippen molar-refractivity contribution in [2.24, 2.45) is 0 Å². The number of carboxylic acid groups (broad SMARTS) is 1. The van der Waals surface area contributed by atoms with Gasteiger partial charge in [-0.1, -0.05) is 0 Å². The van der Waals surface area contributed by atoms with Crippen LogP contribution in [0.2, 0.25) is 0 Å². The first-order valence-corrected chi connectivity index (χ1v) is 8.38. The van der Waals surface area contributed by atoms with Crippen LogP contribution in [0.4, 0.5) is 0 Å². The molecule has 1 N–H and O–H groups in total. The van der Waals surface area contributed by atoms with Crippen molar-refractivity contribution in [2.75, 3.05) is 24.6 Å². The highest BCUT2D eigenvalue weighted by Crippen LogP contribution is 2.15. The molecule has 0 aliphatic carbocycles. The van der Waals surface area contributed by atoms with E-state index >= 15 is 0 Å². The number of aromatic carboxylic acids is 1. The third-order valence-electron chi connectivity index (χ3n) is 2.72. The number of carboxylic acids is 1. The molecule has 0 bridgehead atoms. The monoisotopic (exact) mass is 304 g/mol. The summed E-state index contributed by atoms with van der Waals surface area (Å²) >= 11 is 0. The number of nitrogens with zero attached hydrogens (tertiary/aromatic N) is 2. The topological polar surface area (TPSA) is 105 Å². The molecule has 1 saturated heterocycles. The molecular weight excluding hydrogens is 292 g/mol. The number of hydrogen-bond acceptors (Lipinski definition) is 5. The van der Waals surface area contributed by atoms with Crippen molar-refractivity contribution >= 4 is 26.8 Å². The lowest BCUT2D eigenvalue weighted by Crippen LogP contribution is -2.41. The highest BCUT2D eigenvalue weighted by Gasteiger charge is 2.29. The summed E-state index contributed by atoms with van der Waals surface area (Å²) < 4.78 is 36.8. The summed E-state index contributed by atoms with van der Waals surface area (Å²) in [6.45, 7) is 0.384. The molecule has 19 heavy (non-hydrogen) atoms. The molecule has 104 valence electrons. The van der Waals surface area contributed by atoms with Crippen molar-refractivity contribution in [1.82, 2.24) is 9.29 Å². The second-order valence-electron chi connectivity index (χ2n) is 3.94. The lowest BCUT2D eigenvalue weighted by Gasteiger charge is -2.24. The van der Waals surface area contributed by atoms with Gasteiger partial charge in [-0.25, -0.2) is 18.2 Å². The summed E-state index contributed by atoms with van der Waals surface area (Å²) in [5.74, 6) is -0.538. The van der Waals surface area contributed by atoms with Gasteiger partial charge in [0, 0.05) is 41.6 Å². The van der Waals surface area contributed by atoms with Crippen LogP contribution in [-0.4, -0.2) is 57.6 Å². The summed E-state index contributed by atoms with van der Waals surface area (Å²) in [5.41, 5.74) is -0.0707. The van der Waals surface area contributed by atoms with Crippen LogP contribution in [0.15, 0.2) is 23.4 Å². The van der Waals surface area contributed by atoms with Gasteiger partial charge in [0.25, 0.3) is 10.0 Å². The fraction of sp³-hybridized carbons (Fsp3) is 0.400. The Balaban J connectivity index is 2.24. The molecule has 0 spiro atoms. The van der Waals surface area contributed by atoms with Gasteiger partial charge in [0.05, 0.1) is 5.56 Å². The average Bonchev–Trinajstić information content (AvgIpc) is 2.39. The molecule has 0 radical (unpaired) electrons. The maximum Gasteiger partial charge on any atom is 0.337 e. The zero-order valence-corrected chi connectivity index (χ0v) is 11.5. The molecular formula is C10H12N2O5S2. The van der Waals surface area contributed by atoms with Crippen LogP contribution < -0.4 is 0 Å². The van der Waals surface area contributed by atoms with Crippen molar-refractivity contribution in [3.8, 4) is 0 Å². The number of carbonyl (C=O) groups is 1. The van der Waals surface area contributed by atoms with Gasteiger partial charge < -0.3 is 5.11 Å². The normalized spacial score (nSPS) is 18.3. The van der Waals surface area contributed by atoms with Gasteiger partial charge >= 0.3 is 5.97 Å². The van der Waals surface area contributed by atoms with Crippen molar-refractivity contribution in [1.29, 1.82) is 0 Å². The van der Waals surface area contributed by atoms with E-state index in [-0.39, 0.29) is 23.7 Å². The van der Waals surface area contributed by atoms with Crippen LogP contribution in [0.3, 0.4) is 0 Å². The summed E-state index contributed by atoms with van der Waals surface area (Å²) in [6.07, 6.45) is 1.01. The summed E-state index contributed by atoms with van der Waals surface area (Å²) in [4.78, 5) is 14.3. The van der Waals surface area contributed by atoms with E-state index in [1.54, 1.807) is 0 Å². The molecule has 0 amide bonds. The summed E-state index contributed by atoms with van der Waals surface area (Å²) in [7, 11) is -4.70. The molecule has 7 nitrogen and oxygen atoms in total. The van der Waals surface area contributed by atoms with Gasteiger partial charge in [0.15, 0.2) is 5.03 Å². The van der Waals surface area contributed by atoms with Gasteiger partial charge in [-0.3, -0.25) is 4.21 Å². The first-order chi connectivity index (χ1) is 8.91. The van der Waals surface area contributed by atoms with Crippen LogP contribution in [0.25, 0.3) is 0 Å². The predicted molar refractivity (Wildman–Crippen MR) is 67.8 cm³/mol. The first kappa shape index (κ1) is 14.1.